The number of benzene rings is 1. The summed E-state index contributed by atoms with van der Waals surface area (Å²) in [5.41, 5.74) is 3.52. The van der Waals surface area contributed by atoms with Gasteiger partial charge >= 0.3 is 0 Å². The number of ether oxygens (including phenoxy) is 1. The van der Waals surface area contributed by atoms with Gasteiger partial charge in [-0.1, -0.05) is 0 Å². The quantitative estimate of drug-likeness (QED) is 0.444. The summed E-state index contributed by atoms with van der Waals surface area (Å²) in [6, 6.07) is 11.1. The van der Waals surface area contributed by atoms with E-state index >= 15 is 0 Å². The minimum Gasteiger partial charge on any atom is -0.379 e. The highest BCUT2D eigenvalue weighted by Crippen LogP contribution is 2.40. The van der Waals surface area contributed by atoms with E-state index in [1.165, 1.54) is 0 Å². The van der Waals surface area contributed by atoms with Crippen LogP contribution < -0.4 is 11.2 Å². The van der Waals surface area contributed by atoms with Crippen molar-refractivity contribution < 1.29 is 18.9 Å². The van der Waals surface area contributed by atoms with Crippen LogP contribution in [0, 0.1) is 18.3 Å². The molecule has 40 heavy (non-hydrogen) atoms. The van der Waals surface area contributed by atoms with Gasteiger partial charge in [-0.3, -0.25) is 14.6 Å². The Morgan fingerprint density at radius 3 is 2.65 bits per heavy atom. The van der Waals surface area contributed by atoms with E-state index in [0.29, 0.717) is 37.0 Å². The van der Waals surface area contributed by atoms with Crippen molar-refractivity contribution in [3.05, 3.63) is 83.1 Å². The number of aromatic nitrogens is 1. The average Bonchev–Trinajstić information content (AvgIpc) is 3.24. The van der Waals surface area contributed by atoms with E-state index in [0.717, 1.165) is 35.4 Å². The lowest BCUT2D eigenvalue weighted by atomic mass is 9.83. The zero-order valence-electron chi connectivity index (χ0n) is 23.0. The molecular weight excluding hydrogens is 506 g/mol. The minimum atomic E-state index is -0.454. The number of carbonyl (C=O) groups excluding carboxylic acids is 2. The number of amides is 2. The molecule has 4 aliphatic rings. The van der Waals surface area contributed by atoms with Gasteiger partial charge in [0.15, 0.2) is 0 Å². The molecular formula is C30H34N7O3+. The number of amidine groups is 1. The summed E-state index contributed by atoms with van der Waals surface area (Å²) in [5, 5.41) is 2.84. The molecule has 10 heteroatoms. The van der Waals surface area contributed by atoms with Gasteiger partial charge in [0, 0.05) is 30.3 Å². The van der Waals surface area contributed by atoms with Crippen LogP contribution in [0.2, 0.25) is 0 Å². The highest BCUT2D eigenvalue weighted by Gasteiger charge is 2.49. The van der Waals surface area contributed by atoms with E-state index < -0.39 is 5.41 Å². The number of aryl methyl sites for hydroxylation is 1. The lowest BCUT2D eigenvalue weighted by Crippen LogP contribution is -2.57. The predicted molar refractivity (Wildman–Crippen MR) is 152 cm³/mol. The number of quaternary nitrogens is 1. The number of nitrogens with two attached hydrogens (primary N) is 1. The van der Waals surface area contributed by atoms with Crippen molar-refractivity contribution in [3.8, 4) is 0 Å². The van der Waals surface area contributed by atoms with Crippen molar-refractivity contribution in [1.29, 1.82) is 0 Å². The molecule has 6 rings (SSSR count). The molecule has 2 saturated heterocycles. The fraction of sp³-hybridized carbons (Fsp3) is 0.367. The number of hydrogen-bond donors (Lipinski definition) is 2. The van der Waals surface area contributed by atoms with Crippen molar-refractivity contribution in [2.24, 2.45) is 27.2 Å². The number of pyridine rings is 1. The SMILES string of the molecule is Cc1ccnc(NC(=O)c2ccc(C3=NC([C@@H]4CC[C@H](C)N(C(=O)C5(C)COC5)C4)=C4C=NC=C[N+]34N)cc2)c1. The molecule has 2 amide bonds. The molecule has 1 aromatic heterocycles. The van der Waals surface area contributed by atoms with Crippen LogP contribution in [0.25, 0.3) is 0 Å². The largest absolute Gasteiger partial charge is 0.379 e. The Bertz CT molecular complexity index is 1490. The maximum atomic E-state index is 13.4. The number of nitrogens with zero attached hydrogens (tertiary/aromatic N) is 5. The molecule has 10 nitrogen and oxygen atoms in total. The number of likely N-dealkylation sites (tertiary alicyclic amines) is 1. The Kier molecular flexibility index (Phi) is 6.48. The summed E-state index contributed by atoms with van der Waals surface area (Å²) in [6.45, 7) is 7.54. The van der Waals surface area contributed by atoms with Gasteiger partial charge in [-0.2, -0.15) is 10.8 Å². The molecule has 0 spiro atoms. The Hall–Kier alpha value is -3.99. The first-order valence-electron chi connectivity index (χ1n) is 13.6. The third-order valence-corrected chi connectivity index (χ3v) is 8.27. The molecule has 3 N–H and O–H groups in total. The standard InChI is InChI=1S/C30H33N7O3/c1-19-10-11-33-25(14-19)34-28(38)22-8-6-21(7-9-22)27-35-26(24-15-32-12-13-37(24,27)31)23-5-4-20(2)36(16-23)29(39)30(3)17-40-18-30/h6-15,20,23H,4-5,16-18,31H2,1-3H3/p+1/t20-,23+,37?/m0/s1. The normalized spacial score (nSPS) is 26.7. The van der Waals surface area contributed by atoms with Gasteiger partial charge in [0.2, 0.25) is 11.6 Å². The summed E-state index contributed by atoms with van der Waals surface area (Å²) < 4.78 is 5.26. The first kappa shape index (κ1) is 26.2. The molecule has 1 aromatic carbocycles. The zero-order chi connectivity index (χ0) is 28.1. The van der Waals surface area contributed by atoms with Crippen molar-refractivity contribution in [2.75, 3.05) is 25.1 Å². The van der Waals surface area contributed by atoms with Gasteiger partial charge in [0.05, 0.1) is 36.6 Å². The fourth-order valence-corrected chi connectivity index (χ4v) is 5.76. The second-order valence-corrected chi connectivity index (χ2v) is 11.4. The van der Waals surface area contributed by atoms with Crippen molar-refractivity contribution in [1.82, 2.24) is 9.88 Å². The van der Waals surface area contributed by atoms with E-state index in [9.17, 15) is 9.59 Å². The lowest BCUT2D eigenvalue weighted by Gasteiger charge is -2.45. The van der Waals surface area contributed by atoms with Crippen molar-refractivity contribution >= 4 is 29.7 Å². The third-order valence-electron chi connectivity index (χ3n) is 8.27. The Morgan fingerprint density at radius 1 is 1.18 bits per heavy atom. The van der Waals surface area contributed by atoms with E-state index in [2.05, 4.69) is 22.2 Å². The molecule has 206 valence electrons. The van der Waals surface area contributed by atoms with Gasteiger partial charge in [-0.25, -0.2) is 4.98 Å². The number of carbonyl (C=O) groups is 2. The fourth-order valence-electron chi connectivity index (χ4n) is 5.76. The maximum Gasteiger partial charge on any atom is 0.264 e. The summed E-state index contributed by atoms with van der Waals surface area (Å²) in [5.74, 6) is 8.04. The van der Waals surface area contributed by atoms with Crippen LogP contribution in [0.4, 0.5) is 5.82 Å². The molecule has 0 saturated carbocycles. The van der Waals surface area contributed by atoms with E-state index in [1.807, 2.05) is 49.2 Å². The Balaban J connectivity index is 1.26. The van der Waals surface area contributed by atoms with Crippen LogP contribution in [-0.2, 0) is 9.53 Å². The van der Waals surface area contributed by atoms with Gasteiger partial charge in [0.1, 0.15) is 17.7 Å². The number of fused-ring (bicyclic) bond motifs is 1. The molecule has 2 aromatic rings. The molecule has 0 aliphatic carbocycles. The van der Waals surface area contributed by atoms with Gasteiger partial charge < -0.3 is 15.0 Å². The van der Waals surface area contributed by atoms with Gasteiger partial charge in [0.25, 0.3) is 11.7 Å². The van der Waals surface area contributed by atoms with Crippen molar-refractivity contribution in [2.45, 2.75) is 39.7 Å². The number of aliphatic imine (C=N–C) groups is 2. The number of allylic oxidation sites excluding steroid dienone is 1. The van der Waals surface area contributed by atoms with Crippen LogP contribution in [0.1, 0.15) is 48.2 Å². The molecule has 0 bridgehead atoms. The molecule has 0 radical (unpaired) electrons. The van der Waals surface area contributed by atoms with E-state index in [-0.39, 0.29) is 28.4 Å². The van der Waals surface area contributed by atoms with Crippen LogP contribution in [0.5, 0.6) is 0 Å². The number of piperidine rings is 1. The lowest BCUT2D eigenvalue weighted by molar-refractivity contribution is -0.750. The van der Waals surface area contributed by atoms with Gasteiger partial charge in [-0.05, 0) is 75.6 Å². The smallest absolute Gasteiger partial charge is 0.264 e. The number of rotatable bonds is 5. The summed E-state index contributed by atoms with van der Waals surface area (Å²) in [7, 11) is 0. The van der Waals surface area contributed by atoms with Crippen LogP contribution in [0.3, 0.4) is 0 Å². The Labute approximate surface area is 233 Å². The van der Waals surface area contributed by atoms with Crippen LogP contribution in [-0.4, -0.2) is 64.1 Å². The third kappa shape index (κ3) is 4.47. The van der Waals surface area contributed by atoms with E-state index in [1.54, 1.807) is 30.7 Å². The molecule has 3 atom stereocenters. The monoisotopic (exact) mass is 540 g/mol. The summed E-state index contributed by atoms with van der Waals surface area (Å²) >= 11 is 0. The summed E-state index contributed by atoms with van der Waals surface area (Å²) in [4.78, 5) is 41.9. The molecule has 1 unspecified atom stereocenters. The van der Waals surface area contributed by atoms with Crippen molar-refractivity contribution in [3.63, 3.8) is 0 Å². The van der Waals surface area contributed by atoms with Crippen LogP contribution >= 0.6 is 0 Å². The molecule has 5 heterocycles. The zero-order valence-corrected chi connectivity index (χ0v) is 23.0. The first-order chi connectivity index (χ1) is 19.2. The minimum absolute atomic E-state index is 0.0307. The second kappa shape index (κ2) is 9.88. The van der Waals surface area contributed by atoms with E-state index in [4.69, 9.17) is 15.6 Å². The predicted octanol–water partition coefficient (Wildman–Crippen LogP) is 3.52. The Morgan fingerprint density at radius 2 is 1.95 bits per heavy atom. The summed E-state index contributed by atoms with van der Waals surface area (Å²) in [6.07, 6.45) is 8.71. The number of hydrogen-bond acceptors (Lipinski definition) is 7. The maximum absolute atomic E-state index is 13.4. The topological polar surface area (TPSA) is 122 Å². The first-order valence-corrected chi connectivity index (χ1v) is 13.6. The number of anilines is 1. The number of nitrogens with one attached hydrogen (secondary N) is 1. The average molecular weight is 541 g/mol. The van der Waals surface area contributed by atoms with Gasteiger partial charge in [-0.15, -0.1) is 4.59 Å². The molecule has 4 aliphatic heterocycles. The molecule has 2 fully saturated rings. The second-order valence-electron chi connectivity index (χ2n) is 11.4. The highest BCUT2D eigenvalue weighted by molar-refractivity contribution is 6.05. The highest BCUT2D eigenvalue weighted by atomic mass is 16.5. The van der Waals surface area contributed by atoms with Crippen LogP contribution in [0.15, 0.2) is 76.4 Å².